The molecular weight excluding hydrogens is 272 g/mol. The molecule has 1 aliphatic carbocycles. The van der Waals surface area contributed by atoms with Crippen LogP contribution in [0, 0.1) is 5.92 Å². The topological polar surface area (TPSA) is 38.7 Å². The minimum Gasteiger partial charge on any atom is -0.493 e. The number of halogens is 1. The highest BCUT2D eigenvalue weighted by molar-refractivity contribution is 9.10. The molecule has 0 radical (unpaired) electrons. The molecule has 0 aromatic heterocycles. The molecule has 0 saturated heterocycles. The van der Waals surface area contributed by atoms with E-state index in [1.807, 2.05) is 13.0 Å². The lowest BCUT2D eigenvalue weighted by atomic mass is 10.1. The lowest BCUT2D eigenvalue weighted by Gasteiger charge is -2.16. The van der Waals surface area contributed by atoms with Crippen LogP contribution >= 0.6 is 15.9 Å². The van der Waals surface area contributed by atoms with Gasteiger partial charge in [-0.15, -0.1) is 0 Å². The number of aliphatic hydroxyl groups excluding tert-OH is 1. The Labute approximate surface area is 104 Å². The van der Waals surface area contributed by atoms with Crippen molar-refractivity contribution in [2.24, 2.45) is 5.92 Å². The van der Waals surface area contributed by atoms with Crippen LogP contribution in [-0.4, -0.2) is 19.3 Å². The van der Waals surface area contributed by atoms with Crippen LogP contribution in [0.3, 0.4) is 0 Å². The van der Waals surface area contributed by atoms with E-state index in [-0.39, 0.29) is 5.92 Å². The highest BCUT2D eigenvalue weighted by atomic mass is 79.9. The molecular formula is C12H15BrO3. The molecule has 0 fully saturated rings. The van der Waals surface area contributed by atoms with E-state index in [1.165, 1.54) is 0 Å². The molecule has 3 nitrogen and oxygen atoms in total. The Kier molecular flexibility index (Phi) is 3.13. The largest absolute Gasteiger partial charge is 0.493 e. The Bertz CT molecular complexity index is 417. The highest BCUT2D eigenvalue weighted by Crippen LogP contribution is 2.48. The number of benzene rings is 1. The normalized spacial score (nSPS) is 23.1. The zero-order valence-electron chi connectivity index (χ0n) is 9.58. The van der Waals surface area contributed by atoms with Gasteiger partial charge in [0.05, 0.1) is 20.3 Å². The van der Waals surface area contributed by atoms with Gasteiger partial charge in [0.2, 0.25) is 0 Å². The highest BCUT2D eigenvalue weighted by Gasteiger charge is 2.34. The summed E-state index contributed by atoms with van der Waals surface area (Å²) in [7, 11) is 3.20. The van der Waals surface area contributed by atoms with Gasteiger partial charge in [-0.1, -0.05) is 22.9 Å². The summed E-state index contributed by atoms with van der Waals surface area (Å²) in [5, 5.41) is 10.1. The first-order valence-electron chi connectivity index (χ1n) is 5.21. The molecule has 2 rings (SSSR count). The molecule has 0 amide bonds. The maximum absolute atomic E-state index is 10.1. The van der Waals surface area contributed by atoms with Gasteiger partial charge in [-0.05, 0) is 24.0 Å². The van der Waals surface area contributed by atoms with Crippen LogP contribution in [0.15, 0.2) is 10.5 Å². The van der Waals surface area contributed by atoms with Gasteiger partial charge in [-0.2, -0.15) is 0 Å². The first kappa shape index (κ1) is 11.7. The smallest absolute Gasteiger partial charge is 0.166 e. The fourth-order valence-corrected chi connectivity index (χ4v) is 2.85. The molecule has 4 heteroatoms. The Morgan fingerprint density at radius 2 is 2.06 bits per heavy atom. The second-order valence-corrected chi connectivity index (χ2v) is 4.97. The SMILES string of the molecule is COc1cc(Br)c2c(c1OC)C(O)C(C)C2. The van der Waals surface area contributed by atoms with Gasteiger partial charge in [-0.3, -0.25) is 0 Å². The van der Waals surface area contributed by atoms with Crippen molar-refractivity contribution < 1.29 is 14.6 Å². The number of rotatable bonds is 2. The van der Waals surface area contributed by atoms with Crippen LogP contribution in [0.2, 0.25) is 0 Å². The van der Waals surface area contributed by atoms with Crippen LogP contribution in [0.25, 0.3) is 0 Å². The Hall–Kier alpha value is -0.740. The second kappa shape index (κ2) is 4.26. The van der Waals surface area contributed by atoms with Crippen LogP contribution in [0.5, 0.6) is 11.5 Å². The molecule has 1 aliphatic rings. The molecule has 2 unspecified atom stereocenters. The fraction of sp³-hybridized carbons (Fsp3) is 0.500. The molecule has 0 heterocycles. The van der Waals surface area contributed by atoms with Gasteiger partial charge in [0, 0.05) is 10.0 Å². The van der Waals surface area contributed by atoms with Gasteiger partial charge >= 0.3 is 0 Å². The molecule has 2 atom stereocenters. The quantitative estimate of drug-likeness (QED) is 0.909. The minimum absolute atomic E-state index is 0.215. The summed E-state index contributed by atoms with van der Waals surface area (Å²) in [6, 6.07) is 1.89. The average molecular weight is 287 g/mol. The van der Waals surface area contributed by atoms with Crippen molar-refractivity contribution in [3.63, 3.8) is 0 Å². The van der Waals surface area contributed by atoms with Crippen LogP contribution in [-0.2, 0) is 6.42 Å². The molecule has 0 bridgehead atoms. The van der Waals surface area contributed by atoms with Gasteiger partial charge in [0.15, 0.2) is 11.5 Å². The van der Waals surface area contributed by atoms with Gasteiger partial charge in [0.25, 0.3) is 0 Å². The molecule has 16 heavy (non-hydrogen) atoms. The van der Waals surface area contributed by atoms with Crippen LogP contribution in [0.1, 0.15) is 24.2 Å². The summed E-state index contributed by atoms with van der Waals surface area (Å²) in [4.78, 5) is 0. The standard InChI is InChI=1S/C12H15BrO3/c1-6-4-7-8(13)5-9(15-2)12(16-3)10(7)11(6)14/h5-6,11,14H,4H2,1-3H3. The first-order valence-corrected chi connectivity index (χ1v) is 6.00. The number of hydrogen-bond donors (Lipinski definition) is 1. The first-order chi connectivity index (χ1) is 7.60. The summed E-state index contributed by atoms with van der Waals surface area (Å²) in [5.41, 5.74) is 1.99. The summed E-state index contributed by atoms with van der Waals surface area (Å²) < 4.78 is 11.6. The number of hydrogen-bond acceptors (Lipinski definition) is 3. The monoisotopic (exact) mass is 286 g/mol. The van der Waals surface area contributed by atoms with E-state index in [9.17, 15) is 5.11 Å². The zero-order valence-corrected chi connectivity index (χ0v) is 11.2. The fourth-order valence-electron chi connectivity index (χ4n) is 2.27. The number of fused-ring (bicyclic) bond motifs is 1. The Balaban J connectivity index is 2.66. The number of aliphatic hydroxyl groups is 1. The third-order valence-electron chi connectivity index (χ3n) is 3.12. The van der Waals surface area contributed by atoms with E-state index in [0.29, 0.717) is 11.5 Å². The molecule has 88 valence electrons. The van der Waals surface area contributed by atoms with Crippen molar-refractivity contribution in [1.29, 1.82) is 0 Å². The van der Waals surface area contributed by atoms with E-state index in [4.69, 9.17) is 9.47 Å². The van der Waals surface area contributed by atoms with E-state index in [0.717, 1.165) is 22.0 Å². The molecule has 1 N–H and O–H groups in total. The summed E-state index contributed by atoms with van der Waals surface area (Å²) in [5.74, 6) is 1.52. The van der Waals surface area contributed by atoms with Crippen molar-refractivity contribution >= 4 is 15.9 Å². The Morgan fingerprint density at radius 1 is 1.38 bits per heavy atom. The van der Waals surface area contributed by atoms with Crippen molar-refractivity contribution in [3.05, 3.63) is 21.7 Å². The zero-order chi connectivity index (χ0) is 11.9. The predicted octanol–water partition coefficient (Wildman–Crippen LogP) is 2.69. The van der Waals surface area contributed by atoms with Gasteiger partial charge < -0.3 is 14.6 Å². The molecule has 0 saturated carbocycles. The maximum atomic E-state index is 10.1. The second-order valence-electron chi connectivity index (χ2n) is 4.11. The molecule has 0 spiro atoms. The van der Waals surface area contributed by atoms with Crippen molar-refractivity contribution in [2.45, 2.75) is 19.4 Å². The van der Waals surface area contributed by atoms with E-state index >= 15 is 0 Å². The lowest BCUT2D eigenvalue weighted by molar-refractivity contribution is 0.129. The predicted molar refractivity (Wildman–Crippen MR) is 65.1 cm³/mol. The average Bonchev–Trinajstić information content (AvgIpc) is 2.57. The number of methoxy groups -OCH3 is 2. The lowest BCUT2D eigenvalue weighted by Crippen LogP contribution is -2.03. The minimum atomic E-state index is -0.476. The van der Waals surface area contributed by atoms with Crippen molar-refractivity contribution in [2.75, 3.05) is 14.2 Å². The summed E-state index contributed by atoms with van der Waals surface area (Å²) in [6.07, 6.45) is 0.383. The summed E-state index contributed by atoms with van der Waals surface area (Å²) >= 11 is 3.51. The van der Waals surface area contributed by atoms with Gasteiger partial charge in [-0.25, -0.2) is 0 Å². The van der Waals surface area contributed by atoms with E-state index < -0.39 is 6.10 Å². The molecule has 1 aromatic carbocycles. The van der Waals surface area contributed by atoms with E-state index in [2.05, 4.69) is 15.9 Å². The van der Waals surface area contributed by atoms with Crippen molar-refractivity contribution in [1.82, 2.24) is 0 Å². The van der Waals surface area contributed by atoms with Crippen LogP contribution < -0.4 is 9.47 Å². The maximum Gasteiger partial charge on any atom is 0.166 e. The van der Waals surface area contributed by atoms with Crippen molar-refractivity contribution in [3.8, 4) is 11.5 Å². The van der Waals surface area contributed by atoms with E-state index in [1.54, 1.807) is 14.2 Å². The molecule has 1 aromatic rings. The number of ether oxygens (including phenoxy) is 2. The van der Waals surface area contributed by atoms with Gasteiger partial charge in [0.1, 0.15) is 0 Å². The third-order valence-corrected chi connectivity index (χ3v) is 3.83. The van der Waals surface area contributed by atoms with Crippen LogP contribution in [0.4, 0.5) is 0 Å². The Morgan fingerprint density at radius 3 is 2.62 bits per heavy atom. The molecule has 0 aliphatic heterocycles. The summed E-state index contributed by atoms with van der Waals surface area (Å²) in [6.45, 7) is 2.03. The third kappa shape index (κ3) is 1.60.